The number of hydrogen-bond acceptors (Lipinski definition) is 3. The summed E-state index contributed by atoms with van der Waals surface area (Å²) in [7, 11) is 0. The van der Waals surface area contributed by atoms with Gasteiger partial charge in [0.2, 0.25) is 0 Å². The standard InChI is InChI=1S/C14H18N2O3/c1-10(2)9-15(12-6-7-12)14(17)11-4-3-5-13(8-11)16(18)19/h3-5,8,10,12H,6-7,9H2,1-2H3. The molecule has 0 heterocycles. The van der Waals surface area contributed by atoms with Gasteiger partial charge >= 0.3 is 0 Å². The summed E-state index contributed by atoms with van der Waals surface area (Å²) in [4.78, 5) is 24.6. The van der Waals surface area contributed by atoms with Crippen LogP contribution in [-0.4, -0.2) is 28.3 Å². The molecule has 1 amide bonds. The van der Waals surface area contributed by atoms with Crippen LogP contribution in [0.1, 0.15) is 37.0 Å². The lowest BCUT2D eigenvalue weighted by Gasteiger charge is -2.24. The maximum Gasteiger partial charge on any atom is 0.270 e. The Morgan fingerprint density at radius 2 is 2.16 bits per heavy atom. The average Bonchev–Trinajstić information content (AvgIpc) is 3.19. The van der Waals surface area contributed by atoms with Crippen molar-refractivity contribution >= 4 is 11.6 Å². The molecule has 0 bridgehead atoms. The quantitative estimate of drug-likeness (QED) is 0.605. The van der Waals surface area contributed by atoms with Gasteiger partial charge in [-0.15, -0.1) is 0 Å². The normalized spacial score (nSPS) is 14.5. The number of non-ortho nitro benzene ring substituents is 1. The number of rotatable bonds is 5. The first-order valence-electron chi connectivity index (χ1n) is 6.54. The lowest BCUT2D eigenvalue weighted by molar-refractivity contribution is -0.384. The van der Waals surface area contributed by atoms with Crippen LogP contribution < -0.4 is 0 Å². The Kier molecular flexibility index (Phi) is 3.83. The Bertz CT molecular complexity index is 495. The second-order valence-corrected chi connectivity index (χ2v) is 5.39. The third-order valence-corrected chi connectivity index (χ3v) is 3.11. The molecule has 5 heteroatoms. The fourth-order valence-electron chi connectivity index (χ4n) is 2.10. The Balaban J connectivity index is 2.21. The van der Waals surface area contributed by atoms with Gasteiger partial charge in [0.15, 0.2) is 0 Å². The first-order valence-corrected chi connectivity index (χ1v) is 6.54. The van der Waals surface area contributed by atoms with Crippen LogP contribution in [0, 0.1) is 16.0 Å². The highest BCUT2D eigenvalue weighted by Crippen LogP contribution is 2.29. The van der Waals surface area contributed by atoms with Gasteiger partial charge in [-0.3, -0.25) is 14.9 Å². The highest BCUT2D eigenvalue weighted by Gasteiger charge is 2.33. The Morgan fingerprint density at radius 3 is 2.68 bits per heavy atom. The molecule has 1 aliphatic carbocycles. The molecule has 0 spiro atoms. The summed E-state index contributed by atoms with van der Waals surface area (Å²) in [6, 6.07) is 6.28. The maximum absolute atomic E-state index is 12.4. The third-order valence-electron chi connectivity index (χ3n) is 3.11. The van der Waals surface area contributed by atoms with E-state index in [0.717, 1.165) is 12.8 Å². The summed E-state index contributed by atoms with van der Waals surface area (Å²) in [6.07, 6.45) is 2.07. The molecule has 1 aromatic carbocycles. The molecule has 1 aliphatic rings. The largest absolute Gasteiger partial charge is 0.335 e. The number of nitro groups is 1. The smallest absolute Gasteiger partial charge is 0.270 e. The van der Waals surface area contributed by atoms with Crippen LogP contribution in [0.25, 0.3) is 0 Å². The fraction of sp³-hybridized carbons (Fsp3) is 0.500. The summed E-state index contributed by atoms with van der Waals surface area (Å²) >= 11 is 0. The first kappa shape index (κ1) is 13.5. The van der Waals surface area contributed by atoms with Gasteiger partial charge in [0.05, 0.1) is 4.92 Å². The summed E-state index contributed by atoms with van der Waals surface area (Å²) in [5, 5.41) is 10.8. The van der Waals surface area contributed by atoms with Crippen molar-refractivity contribution < 1.29 is 9.72 Å². The van der Waals surface area contributed by atoms with Crippen molar-refractivity contribution in [3.05, 3.63) is 39.9 Å². The van der Waals surface area contributed by atoms with Gasteiger partial charge in [0, 0.05) is 30.3 Å². The molecule has 1 fully saturated rings. The second-order valence-electron chi connectivity index (χ2n) is 5.39. The SMILES string of the molecule is CC(C)CN(C(=O)c1cccc([N+](=O)[O-])c1)C1CC1. The number of nitrogens with zero attached hydrogens (tertiary/aromatic N) is 2. The zero-order valence-corrected chi connectivity index (χ0v) is 11.2. The average molecular weight is 262 g/mol. The van der Waals surface area contributed by atoms with Crippen molar-refractivity contribution in [2.45, 2.75) is 32.7 Å². The molecule has 19 heavy (non-hydrogen) atoms. The molecule has 5 nitrogen and oxygen atoms in total. The minimum atomic E-state index is -0.472. The van der Waals surface area contributed by atoms with E-state index >= 15 is 0 Å². The van der Waals surface area contributed by atoms with Crippen LogP contribution in [0.4, 0.5) is 5.69 Å². The number of benzene rings is 1. The monoisotopic (exact) mass is 262 g/mol. The number of carbonyl (C=O) groups excluding carboxylic acids is 1. The van der Waals surface area contributed by atoms with Crippen LogP contribution in [0.2, 0.25) is 0 Å². The molecule has 0 aliphatic heterocycles. The number of nitro benzene ring substituents is 1. The highest BCUT2D eigenvalue weighted by atomic mass is 16.6. The second kappa shape index (κ2) is 5.38. The molecule has 1 saturated carbocycles. The maximum atomic E-state index is 12.4. The van der Waals surface area contributed by atoms with Crippen LogP contribution in [0.5, 0.6) is 0 Å². The van der Waals surface area contributed by atoms with Gasteiger partial charge in [-0.2, -0.15) is 0 Å². The van der Waals surface area contributed by atoms with Gasteiger partial charge < -0.3 is 4.90 Å². The summed E-state index contributed by atoms with van der Waals surface area (Å²) in [5.41, 5.74) is 0.368. The minimum Gasteiger partial charge on any atom is -0.335 e. The van der Waals surface area contributed by atoms with Crippen LogP contribution in [-0.2, 0) is 0 Å². The predicted octanol–water partition coefficient (Wildman–Crippen LogP) is 2.86. The van der Waals surface area contributed by atoms with Crippen molar-refractivity contribution in [2.24, 2.45) is 5.92 Å². The number of amides is 1. The minimum absolute atomic E-state index is 0.0360. The molecule has 1 aromatic rings. The fourth-order valence-corrected chi connectivity index (χ4v) is 2.10. The molecule has 0 atom stereocenters. The van der Waals surface area contributed by atoms with E-state index in [4.69, 9.17) is 0 Å². The molecule has 2 rings (SSSR count). The van der Waals surface area contributed by atoms with E-state index in [0.29, 0.717) is 24.1 Å². The first-order chi connectivity index (χ1) is 8.99. The van der Waals surface area contributed by atoms with E-state index in [2.05, 4.69) is 13.8 Å². The van der Waals surface area contributed by atoms with E-state index in [-0.39, 0.29) is 11.6 Å². The molecule has 0 N–H and O–H groups in total. The van der Waals surface area contributed by atoms with E-state index in [1.54, 1.807) is 12.1 Å². The van der Waals surface area contributed by atoms with Gasteiger partial charge in [0.25, 0.3) is 11.6 Å². The van der Waals surface area contributed by atoms with Crippen molar-refractivity contribution in [1.29, 1.82) is 0 Å². The number of carbonyl (C=O) groups is 1. The van der Waals surface area contributed by atoms with Gasteiger partial charge in [-0.05, 0) is 24.8 Å². The topological polar surface area (TPSA) is 63.5 Å². The lowest BCUT2D eigenvalue weighted by Crippen LogP contribution is -2.36. The van der Waals surface area contributed by atoms with E-state index in [9.17, 15) is 14.9 Å². The van der Waals surface area contributed by atoms with Crippen LogP contribution in [0.15, 0.2) is 24.3 Å². The lowest BCUT2D eigenvalue weighted by atomic mass is 10.1. The third kappa shape index (κ3) is 3.30. The van der Waals surface area contributed by atoms with Gasteiger partial charge in [0.1, 0.15) is 0 Å². The predicted molar refractivity (Wildman–Crippen MR) is 72.0 cm³/mol. The highest BCUT2D eigenvalue weighted by molar-refractivity contribution is 5.95. The number of hydrogen-bond donors (Lipinski definition) is 0. The molecular weight excluding hydrogens is 244 g/mol. The van der Waals surface area contributed by atoms with Crippen molar-refractivity contribution in [3.63, 3.8) is 0 Å². The summed E-state index contributed by atoms with van der Waals surface area (Å²) < 4.78 is 0. The Hall–Kier alpha value is -1.91. The van der Waals surface area contributed by atoms with Crippen LogP contribution >= 0.6 is 0 Å². The summed E-state index contributed by atoms with van der Waals surface area (Å²) in [5.74, 6) is 0.295. The van der Waals surface area contributed by atoms with Crippen molar-refractivity contribution in [3.8, 4) is 0 Å². The zero-order valence-electron chi connectivity index (χ0n) is 11.2. The van der Waals surface area contributed by atoms with Crippen molar-refractivity contribution in [2.75, 3.05) is 6.54 Å². The zero-order chi connectivity index (χ0) is 14.0. The van der Waals surface area contributed by atoms with Crippen molar-refractivity contribution in [1.82, 2.24) is 4.90 Å². The van der Waals surface area contributed by atoms with E-state index in [1.165, 1.54) is 12.1 Å². The molecule has 0 unspecified atom stereocenters. The van der Waals surface area contributed by atoms with Gasteiger partial charge in [-0.1, -0.05) is 19.9 Å². The molecule has 0 aromatic heterocycles. The van der Waals surface area contributed by atoms with E-state index in [1.807, 2.05) is 4.90 Å². The van der Waals surface area contributed by atoms with Gasteiger partial charge in [-0.25, -0.2) is 0 Å². The van der Waals surface area contributed by atoms with Crippen LogP contribution in [0.3, 0.4) is 0 Å². The summed E-state index contributed by atoms with van der Waals surface area (Å²) in [6.45, 7) is 4.83. The Morgan fingerprint density at radius 1 is 1.47 bits per heavy atom. The molecule has 0 radical (unpaired) electrons. The van der Waals surface area contributed by atoms with E-state index < -0.39 is 4.92 Å². The molecule has 102 valence electrons. The molecular formula is C14H18N2O3. The Labute approximate surface area is 112 Å². The molecule has 0 saturated heterocycles.